The van der Waals surface area contributed by atoms with Crippen molar-refractivity contribution in [3.8, 4) is 5.75 Å². The van der Waals surface area contributed by atoms with Crippen molar-refractivity contribution in [1.82, 2.24) is 10.3 Å². The van der Waals surface area contributed by atoms with Crippen LogP contribution in [0, 0.1) is 0 Å². The number of aliphatic hydroxyl groups is 1. The minimum Gasteiger partial charge on any atom is -0.506 e. The molecule has 1 aromatic carbocycles. The van der Waals surface area contributed by atoms with E-state index in [-0.39, 0.29) is 29.8 Å². The predicted molar refractivity (Wildman–Crippen MR) is 86.1 cm³/mol. The minimum absolute atomic E-state index is 0. The predicted octanol–water partition coefficient (Wildman–Crippen LogP) is 1.90. The number of aromatic nitrogens is 1. The number of aromatic amines is 1. The quantitative estimate of drug-likeness (QED) is 0.635. The third kappa shape index (κ3) is 4.20. The van der Waals surface area contributed by atoms with Gasteiger partial charge in [0.2, 0.25) is 5.56 Å². The lowest BCUT2D eigenvalue weighted by molar-refractivity contribution is 0.139. The summed E-state index contributed by atoms with van der Waals surface area (Å²) in [6.07, 6.45) is 1.02. The zero-order valence-electron chi connectivity index (χ0n) is 12.1. The van der Waals surface area contributed by atoms with Crippen molar-refractivity contribution in [2.45, 2.75) is 39.0 Å². The van der Waals surface area contributed by atoms with Gasteiger partial charge in [0.25, 0.3) is 0 Å². The average Bonchev–Trinajstić information content (AvgIpc) is 2.40. The van der Waals surface area contributed by atoms with Gasteiger partial charge in [-0.1, -0.05) is 13.0 Å². The molecule has 0 saturated carbocycles. The molecule has 0 aliphatic rings. The zero-order valence-corrected chi connectivity index (χ0v) is 12.9. The van der Waals surface area contributed by atoms with Crippen molar-refractivity contribution >= 4 is 23.3 Å². The van der Waals surface area contributed by atoms with Crippen molar-refractivity contribution < 1.29 is 10.2 Å². The Bertz CT molecular complexity index is 655. The van der Waals surface area contributed by atoms with E-state index in [1.165, 1.54) is 6.07 Å². The number of hydrogen-bond acceptors (Lipinski definition) is 4. The summed E-state index contributed by atoms with van der Waals surface area (Å²) < 4.78 is 0. The van der Waals surface area contributed by atoms with Crippen LogP contribution in [0.1, 0.15) is 25.8 Å². The molecule has 0 fully saturated rings. The third-order valence-electron chi connectivity index (χ3n) is 3.40. The van der Waals surface area contributed by atoms with Crippen molar-refractivity contribution in [3.63, 3.8) is 0 Å². The second-order valence-corrected chi connectivity index (χ2v) is 5.01. The third-order valence-corrected chi connectivity index (χ3v) is 3.40. The Morgan fingerprint density at radius 2 is 2.00 bits per heavy atom. The van der Waals surface area contributed by atoms with Crippen LogP contribution in [0.25, 0.3) is 10.9 Å². The van der Waals surface area contributed by atoms with Crippen LogP contribution >= 0.6 is 12.4 Å². The summed E-state index contributed by atoms with van der Waals surface area (Å²) in [4.78, 5) is 14.0. The topological polar surface area (TPSA) is 85.3 Å². The molecular weight excluding hydrogens is 292 g/mol. The Hall–Kier alpha value is -1.56. The Morgan fingerprint density at radius 1 is 1.29 bits per heavy atom. The standard InChI is InChI=1S/C15H20N2O3.ClH/c1-3-11(16-9(2)18)8-10-4-6-13(19)15-12(10)5-7-14(20)17-15;/h4-7,9,11,16,18-19H,3,8H2,1-2H3,(H,17,20);1H. The summed E-state index contributed by atoms with van der Waals surface area (Å²) in [5.74, 6) is 0.0676. The second-order valence-electron chi connectivity index (χ2n) is 5.01. The molecule has 0 spiro atoms. The van der Waals surface area contributed by atoms with Crippen molar-refractivity contribution in [2.75, 3.05) is 0 Å². The highest BCUT2D eigenvalue weighted by atomic mass is 35.5. The monoisotopic (exact) mass is 312 g/mol. The van der Waals surface area contributed by atoms with E-state index in [9.17, 15) is 15.0 Å². The van der Waals surface area contributed by atoms with Gasteiger partial charge in [0, 0.05) is 17.5 Å². The van der Waals surface area contributed by atoms with E-state index in [4.69, 9.17) is 0 Å². The normalized spacial score (nSPS) is 13.7. The first kappa shape index (κ1) is 17.5. The van der Waals surface area contributed by atoms with Gasteiger partial charge in [-0.05, 0) is 37.5 Å². The van der Waals surface area contributed by atoms with E-state index in [0.29, 0.717) is 11.9 Å². The first-order valence-corrected chi connectivity index (χ1v) is 6.79. The van der Waals surface area contributed by atoms with Crippen molar-refractivity contribution in [2.24, 2.45) is 0 Å². The lowest BCUT2D eigenvalue weighted by atomic mass is 9.99. The van der Waals surface area contributed by atoms with Crippen LogP contribution in [-0.2, 0) is 6.42 Å². The molecule has 116 valence electrons. The molecule has 6 heteroatoms. The molecular formula is C15H21ClN2O3. The molecule has 5 nitrogen and oxygen atoms in total. The van der Waals surface area contributed by atoms with Crippen molar-refractivity contribution in [1.29, 1.82) is 0 Å². The van der Waals surface area contributed by atoms with Gasteiger partial charge in [-0.2, -0.15) is 0 Å². The number of hydrogen-bond donors (Lipinski definition) is 4. The van der Waals surface area contributed by atoms with Gasteiger partial charge in [-0.25, -0.2) is 0 Å². The number of halogens is 1. The minimum atomic E-state index is -0.567. The molecule has 0 saturated heterocycles. The molecule has 21 heavy (non-hydrogen) atoms. The molecule has 1 heterocycles. The van der Waals surface area contributed by atoms with E-state index >= 15 is 0 Å². The van der Waals surface area contributed by atoms with Crippen LogP contribution in [-0.4, -0.2) is 27.5 Å². The van der Waals surface area contributed by atoms with Gasteiger partial charge in [-0.15, -0.1) is 12.4 Å². The summed E-state index contributed by atoms with van der Waals surface area (Å²) in [7, 11) is 0. The number of nitrogens with one attached hydrogen (secondary N) is 2. The largest absolute Gasteiger partial charge is 0.506 e. The number of pyridine rings is 1. The number of phenols is 1. The molecule has 2 rings (SSSR count). The smallest absolute Gasteiger partial charge is 0.248 e. The lowest BCUT2D eigenvalue weighted by Gasteiger charge is -2.20. The molecule has 4 N–H and O–H groups in total. The fourth-order valence-electron chi connectivity index (χ4n) is 2.40. The molecule has 0 amide bonds. The van der Waals surface area contributed by atoms with Gasteiger partial charge in [0.1, 0.15) is 12.0 Å². The van der Waals surface area contributed by atoms with E-state index in [0.717, 1.165) is 17.4 Å². The lowest BCUT2D eigenvalue weighted by Crippen LogP contribution is -2.37. The molecule has 0 aliphatic heterocycles. The molecule has 0 radical (unpaired) electrons. The van der Waals surface area contributed by atoms with Gasteiger partial charge in [0.05, 0.1) is 5.52 Å². The maximum absolute atomic E-state index is 11.4. The van der Waals surface area contributed by atoms with Gasteiger partial charge < -0.3 is 15.2 Å². The summed E-state index contributed by atoms with van der Waals surface area (Å²) >= 11 is 0. The number of rotatable bonds is 5. The van der Waals surface area contributed by atoms with Crippen molar-refractivity contribution in [3.05, 3.63) is 40.2 Å². The van der Waals surface area contributed by atoms with Gasteiger partial charge in [0.15, 0.2) is 0 Å². The Kier molecular flexibility index (Phi) is 6.20. The van der Waals surface area contributed by atoms with Crippen LogP contribution in [0.4, 0.5) is 0 Å². The molecule has 0 bridgehead atoms. The Labute approximate surface area is 129 Å². The van der Waals surface area contributed by atoms with Gasteiger partial charge >= 0.3 is 0 Å². The molecule has 1 aromatic heterocycles. The SMILES string of the molecule is CCC(Cc1ccc(O)c2[nH]c(=O)ccc12)NC(C)O.Cl. The average molecular weight is 313 g/mol. The maximum Gasteiger partial charge on any atom is 0.248 e. The highest BCUT2D eigenvalue weighted by Crippen LogP contribution is 2.25. The molecule has 2 aromatic rings. The number of phenolic OH excluding ortho intramolecular Hbond substituents is 1. The summed E-state index contributed by atoms with van der Waals surface area (Å²) in [6, 6.07) is 6.74. The number of aliphatic hydroxyl groups excluding tert-OH is 1. The van der Waals surface area contributed by atoms with E-state index in [1.54, 1.807) is 19.1 Å². The second kappa shape index (κ2) is 7.45. The van der Waals surface area contributed by atoms with Crippen LogP contribution in [0.5, 0.6) is 5.75 Å². The van der Waals surface area contributed by atoms with E-state index < -0.39 is 6.23 Å². The first-order valence-electron chi connectivity index (χ1n) is 6.79. The maximum atomic E-state index is 11.4. The van der Waals surface area contributed by atoms with Crippen LogP contribution in [0.15, 0.2) is 29.1 Å². The number of H-pyrrole nitrogens is 1. The summed E-state index contributed by atoms with van der Waals surface area (Å²) in [5, 5.41) is 23.2. The summed E-state index contributed by atoms with van der Waals surface area (Å²) in [5.41, 5.74) is 1.25. The highest BCUT2D eigenvalue weighted by Gasteiger charge is 2.13. The highest BCUT2D eigenvalue weighted by molar-refractivity contribution is 5.87. The molecule has 2 unspecified atom stereocenters. The van der Waals surface area contributed by atoms with E-state index in [1.807, 2.05) is 13.0 Å². The fourth-order valence-corrected chi connectivity index (χ4v) is 2.40. The van der Waals surface area contributed by atoms with Crippen LogP contribution in [0.3, 0.4) is 0 Å². The fraction of sp³-hybridized carbons (Fsp3) is 0.400. The Balaban J connectivity index is 0.00000220. The van der Waals surface area contributed by atoms with Crippen LogP contribution < -0.4 is 10.9 Å². The van der Waals surface area contributed by atoms with E-state index in [2.05, 4.69) is 10.3 Å². The number of fused-ring (bicyclic) bond motifs is 1. The number of aromatic hydroxyl groups is 1. The molecule has 0 aliphatic carbocycles. The van der Waals surface area contributed by atoms with Crippen LogP contribution in [0.2, 0.25) is 0 Å². The summed E-state index contributed by atoms with van der Waals surface area (Å²) in [6.45, 7) is 3.74. The zero-order chi connectivity index (χ0) is 14.7. The Morgan fingerprint density at radius 3 is 2.62 bits per heavy atom. The van der Waals surface area contributed by atoms with Gasteiger partial charge in [-0.3, -0.25) is 10.1 Å². The first-order chi connectivity index (χ1) is 9.51. The number of benzene rings is 1. The molecule has 2 atom stereocenters.